The molecule has 0 unspecified atom stereocenters. The highest BCUT2D eigenvalue weighted by molar-refractivity contribution is 7.99. The molecule has 3 rings (SSSR count). The van der Waals surface area contributed by atoms with Gasteiger partial charge in [-0.25, -0.2) is 13.2 Å². The molecular formula is C21H26N2O5S3. The summed E-state index contributed by atoms with van der Waals surface area (Å²) in [6.07, 6.45) is 0. The van der Waals surface area contributed by atoms with Crippen molar-refractivity contribution in [1.82, 2.24) is 4.31 Å². The van der Waals surface area contributed by atoms with Crippen LogP contribution < -0.4 is 5.32 Å². The zero-order valence-electron chi connectivity index (χ0n) is 17.7. The highest BCUT2D eigenvalue weighted by atomic mass is 32.2. The summed E-state index contributed by atoms with van der Waals surface area (Å²) in [5, 5.41) is 4.36. The van der Waals surface area contributed by atoms with Crippen LogP contribution in [0.1, 0.15) is 40.6 Å². The van der Waals surface area contributed by atoms with E-state index in [9.17, 15) is 18.0 Å². The van der Waals surface area contributed by atoms with Crippen LogP contribution in [0.25, 0.3) is 0 Å². The Balaban J connectivity index is 1.68. The Morgan fingerprint density at radius 1 is 1.19 bits per heavy atom. The van der Waals surface area contributed by atoms with E-state index in [1.165, 1.54) is 10.4 Å². The second-order valence-electron chi connectivity index (χ2n) is 7.45. The smallest absolute Gasteiger partial charge is 0.350 e. The Morgan fingerprint density at radius 3 is 2.58 bits per heavy atom. The van der Waals surface area contributed by atoms with Crippen LogP contribution in [0.3, 0.4) is 0 Å². The predicted octanol–water partition coefficient (Wildman–Crippen LogP) is 3.71. The van der Waals surface area contributed by atoms with E-state index in [1.807, 2.05) is 39.0 Å². The topological polar surface area (TPSA) is 92.8 Å². The molecule has 0 bridgehead atoms. The molecule has 7 nitrogen and oxygen atoms in total. The summed E-state index contributed by atoms with van der Waals surface area (Å²) >= 11 is 2.69. The van der Waals surface area contributed by atoms with Gasteiger partial charge in [-0.2, -0.15) is 16.1 Å². The summed E-state index contributed by atoms with van der Waals surface area (Å²) in [5.41, 5.74) is 2.61. The van der Waals surface area contributed by atoms with Crippen LogP contribution in [0.2, 0.25) is 0 Å². The van der Waals surface area contributed by atoms with Crippen molar-refractivity contribution in [1.29, 1.82) is 0 Å². The Morgan fingerprint density at radius 2 is 1.90 bits per heavy atom. The molecule has 2 aromatic rings. The molecule has 2 heterocycles. The number of anilines is 1. The van der Waals surface area contributed by atoms with Gasteiger partial charge in [-0.1, -0.05) is 32.0 Å². The molecule has 1 amide bonds. The largest absolute Gasteiger partial charge is 0.451 e. The lowest BCUT2D eigenvalue weighted by Gasteiger charge is -2.25. The first-order chi connectivity index (χ1) is 14.7. The van der Waals surface area contributed by atoms with Crippen molar-refractivity contribution < 1.29 is 22.7 Å². The maximum atomic E-state index is 12.9. The fourth-order valence-corrected chi connectivity index (χ4v) is 7.15. The van der Waals surface area contributed by atoms with Gasteiger partial charge >= 0.3 is 5.97 Å². The number of thioether (sulfide) groups is 1. The highest BCUT2D eigenvalue weighted by Gasteiger charge is 2.32. The SMILES string of the molecule is Cc1cccc(C(C)C)c1NC(=O)COC(=O)c1sccc1S(=O)(=O)N1CCSCC1. The maximum Gasteiger partial charge on any atom is 0.350 e. The van der Waals surface area contributed by atoms with Gasteiger partial charge in [0.15, 0.2) is 6.61 Å². The van der Waals surface area contributed by atoms with Crippen molar-refractivity contribution in [3.8, 4) is 0 Å². The van der Waals surface area contributed by atoms with Crippen molar-refractivity contribution in [3.63, 3.8) is 0 Å². The average Bonchev–Trinajstić information content (AvgIpc) is 3.25. The molecule has 0 saturated carbocycles. The Labute approximate surface area is 191 Å². The molecule has 1 aromatic carbocycles. The number of benzene rings is 1. The molecule has 1 saturated heterocycles. The lowest BCUT2D eigenvalue weighted by molar-refractivity contribution is -0.119. The first-order valence-corrected chi connectivity index (χ1v) is 13.4. The number of para-hydroxylation sites is 1. The standard InChI is InChI=1S/C21H26N2O5S3/c1-14(2)16-6-4-5-15(3)19(16)22-18(24)13-28-21(25)20-17(7-10-30-20)31(26,27)23-8-11-29-12-9-23/h4-7,10,14H,8-9,11-13H2,1-3H3,(H,22,24). The summed E-state index contributed by atoms with van der Waals surface area (Å²) in [6.45, 7) is 6.29. The van der Waals surface area contributed by atoms with E-state index in [-0.39, 0.29) is 15.7 Å². The van der Waals surface area contributed by atoms with E-state index < -0.39 is 28.5 Å². The fourth-order valence-electron chi connectivity index (χ4n) is 3.29. The van der Waals surface area contributed by atoms with E-state index in [0.717, 1.165) is 34.0 Å². The zero-order chi connectivity index (χ0) is 22.6. The number of ether oxygens (including phenoxy) is 1. The van der Waals surface area contributed by atoms with Gasteiger partial charge in [0.25, 0.3) is 5.91 Å². The number of esters is 1. The molecule has 10 heteroatoms. The summed E-state index contributed by atoms with van der Waals surface area (Å²) < 4.78 is 32.4. The minimum Gasteiger partial charge on any atom is -0.451 e. The number of sulfonamides is 1. The minimum atomic E-state index is -3.77. The third kappa shape index (κ3) is 5.49. The Kier molecular flexibility index (Phi) is 7.79. The number of thiophene rings is 1. The molecule has 1 N–H and O–H groups in total. The quantitative estimate of drug-likeness (QED) is 0.605. The number of carbonyl (C=O) groups is 2. The van der Waals surface area contributed by atoms with Gasteiger partial charge in [-0.3, -0.25) is 4.79 Å². The monoisotopic (exact) mass is 482 g/mol. The van der Waals surface area contributed by atoms with Gasteiger partial charge in [-0.05, 0) is 35.4 Å². The number of nitrogens with one attached hydrogen (secondary N) is 1. The van der Waals surface area contributed by atoms with Crippen LogP contribution >= 0.6 is 23.1 Å². The summed E-state index contributed by atoms with van der Waals surface area (Å²) in [6, 6.07) is 7.19. The van der Waals surface area contributed by atoms with Crippen LogP contribution in [-0.4, -0.2) is 55.8 Å². The van der Waals surface area contributed by atoms with Gasteiger partial charge in [-0.15, -0.1) is 11.3 Å². The van der Waals surface area contributed by atoms with Crippen molar-refractivity contribution in [2.45, 2.75) is 31.6 Å². The van der Waals surface area contributed by atoms with Crippen LogP contribution in [0.4, 0.5) is 5.69 Å². The molecule has 0 atom stereocenters. The number of hydrogen-bond acceptors (Lipinski definition) is 7. The van der Waals surface area contributed by atoms with Gasteiger partial charge in [0.05, 0.1) is 0 Å². The molecule has 31 heavy (non-hydrogen) atoms. The van der Waals surface area contributed by atoms with E-state index in [2.05, 4.69) is 5.32 Å². The van der Waals surface area contributed by atoms with Gasteiger partial charge in [0, 0.05) is 30.3 Å². The first-order valence-electron chi connectivity index (χ1n) is 9.93. The molecule has 1 fully saturated rings. The molecular weight excluding hydrogens is 456 g/mol. The van der Waals surface area contributed by atoms with Crippen LogP contribution in [0.5, 0.6) is 0 Å². The number of nitrogens with zero attached hydrogens (tertiary/aromatic N) is 1. The van der Waals surface area contributed by atoms with E-state index in [1.54, 1.807) is 17.1 Å². The predicted molar refractivity (Wildman–Crippen MR) is 125 cm³/mol. The van der Waals surface area contributed by atoms with Gasteiger partial charge in [0.2, 0.25) is 10.0 Å². The van der Waals surface area contributed by atoms with E-state index >= 15 is 0 Å². The minimum absolute atomic E-state index is 0.00946. The number of amides is 1. The highest BCUT2D eigenvalue weighted by Crippen LogP contribution is 2.29. The summed E-state index contributed by atoms with van der Waals surface area (Å²) in [5.74, 6) is 0.369. The van der Waals surface area contributed by atoms with Crippen LogP contribution in [-0.2, 0) is 19.6 Å². The van der Waals surface area contributed by atoms with Gasteiger partial charge < -0.3 is 10.1 Å². The molecule has 1 aliphatic heterocycles. The molecule has 0 aliphatic carbocycles. The molecule has 1 aromatic heterocycles. The molecule has 0 radical (unpaired) electrons. The summed E-state index contributed by atoms with van der Waals surface area (Å²) in [4.78, 5) is 24.9. The number of hydrogen-bond donors (Lipinski definition) is 1. The molecule has 0 spiro atoms. The Hall–Kier alpha value is -1.88. The van der Waals surface area contributed by atoms with Gasteiger partial charge in [0.1, 0.15) is 9.77 Å². The third-order valence-electron chi connectivity index (χ3n) is 4.93. The first kappa shape index (κ1) is 23.8. The van der Waals surface area contributed by atoms with E-state index in [0.29, 0.717) is 18.8 Å². The maximum absolute atomic E-state index is 12.9. The van der Waals surface area contributed by atoms with Crippen LogP contribution in [0.15, 0.2) is 34.5 Å². The van der Waals surface area contributed by atoms with Crippen molar-refractivity contribution >= 4 is 50.7 Å². The van der Waals surface area contributed by atoms with Crippen molar-refractivity contribution in [3.05, 3.63) is 45.6 Å². The van der Waals surface area contributed by atoms with Crippen molar-refractivity contribution in [2.75, 3.05) is 36.5 Å². The van der Waals surface area contributed by atoms with Crippen LogP contribution in [0, 0.1) is 6.92 Å². The number of aryl methyl sites for hydroxylation is 1. The zero-order valence-corrected chi connectivity index (χ0v) is 20.2. The summed E-state index contributed by atoms with van der Waals surface area (Å²) in [7, 11) is -3.77. The normalized spacial score (nSPS) is 15.1. The van der Waals surface area contributed by atoms with E-state index in [4.69, 9.17) is 4.74 Å². The average molecular weight is 483 g/mol. The number of rotatable bonds is 7. The third-order valence-corrected chi connectivity index (χ3v) is 8.84. The van der Waals surface area contributed by atoms with Crippen molar-refractivity contribution in [2.24, 2.45) is 0 Å². The lowest BCUT2D eigenvalue weighted by Crippen LogP contribution is -2.38. The molecule has 168 valence electrons. The second-order valence-corrected chi connectivity index (χ2v) is 11.5. The Bertz CT molecular complexity index is 1060. The fraction of sp³-hybridized carbons (Fsp3) is 0.429. The molecule has 1 aliphatic rings. The lowest BCUT2D eigenvalue weighted by atomic mass is 9.98. The number of carbonyl (C=O) groups excluding carboxylic acids is 2. The second kappa shape index (κ2) is 10.2.